The van der Waals surface area contributed by atoms with Crippen molar-refractivity contribution in [1.29, 1.82) is 0 Å². The van der Waals surface area contributed by atoms with E-state index in [-0.39, 0.29) is 37.0 Å². The molecular weight excluding hydrogens is 361 g/mol. The second-order valence-electron chi connectivity index (χ2n) is 6.08. The molecule has 1 aliphatic heterocycles. The maximum absolute atomic E-state index is 12.8. The molecule has 1 amide bonds. The summed E-state index contributed by atoms with van der Waals surface area (Å²) < 4.78 is 44.3. The van der Waals surface area contributed by atoms with Crippen LogP contribution in [-0.2, 0) is 14.8 Å². The molecule has 1 fully saturated rings. The molecule has 1 N–H and O–H groups in total. The van der Waals surface area contributed by atoms with Gasteiger partial charge in [-0.15, -0.1) is 0 Å². The van der Waals surface area contributed by atoms with E-state index in [1.807, 2.05) is 0 Å². The normalized spacial score (nSPS) is 15.8. The summed E-state index contributed by atoms with van der Waals surface area (Å²) in [6, 6.07) is 5.36. The lowest BCUT2D eigenvalue weighted by atomic mass is 10.3. The number of rotatable bonds is 9. The van der Waals surface area contributed by atoms with Gasteiger partial charge in [-0.05, 0) is 30.8 Å². The van der Waals surface area contributed by atoms with Crippen LogP contribution in [-0.4, -0.2) is 75.8 Å². The van der Waals surface area contributed by atoms with Crippen LogP contribution in [0.5, 0.6) is 5.75 Å². The molecule has 9 heteroatoms. The Hall–Kier alpha value is -1.71. The number of nitrogens with one attached hydrogen (secondary N) is 1. The Balaban J connectivity index is 1.64. The van der Waals surface area contributed by atoms with E-state index in [0.717, 1.165) is 19.6 Å². The lowest BCUT2D eigenvalue weighted by molar-refractivity contribution is -0.132. The van der Waals surface area contributed by atoms with Crippen LogP contribution in [0.15, 0.2) is 24.3 Å². The molecule has 0 saturated carbocycles. The molecule has 2 rings (SSSR count). The topological polar surface area (TPSA) is 79.0 Å². The predicted octanol–water partition coefficient (Wildman–Crippen LogP) is 0.678. The third-order valence-corrected chi connectivity index (χ3v) is 5.62. The number of amides is 1. The van der Waals surface area contributed by atoms with E-state index in [0.29, 0.717) is 18.8 Å². The minimum absolute atomic E-state index is 0.0361. The lowest BCUT2D eigenvalue weighted by Crippen LogP contribution is -2.49. The average Bonchev–Trinajstić information content (AvgIpc) is 2.63. The van der Waals surface area contributed by atoms with Crippen molar-refractivity contribution in [3.63, 3.8) is 0 Å². The Morgan fingerprint density at radius 1 is 1.19 bits per heavy atom. The predicted molar refractivity (Wildman–Crippen MR) is 97.0 cm³/mol. The number of ether oxygens (including phenoxy) is 1. The van der Waals surface area contributed by atoms with Gasteiger partial charge in [0.25, 0.3) is 0 Å². The summed E-state index contributed by atoms with van der Waals surface area (Å²) in [5, 5.41) is 0. The van der Waals surface area contributed by atoms with Crippen molar-refractivity contribution in [3.05, 3.63) is 30.1 Å². The SMILES string of the molecule is CCN1CCN(C(=O)CCNS(=O)(=O)CCOc2ccc(F)cc2)CC1. The van der Waals surface area contributed by atoms with E-state index in [1.165, 1.54) is 24.3 Å². The van der Waals surface area contributed by atoms with Gasteiger partial charge in [0.1, 0.15) is 18.2 Å². The van der Waals surface area contributed by atoms with Gasteiger partial charge in [-0.3, -0.25) is 4.79 Å². The third-order valence-electron chi connectivity index (χ3n) is 4.27. The number of piperazine rings is 1. The van der Waals surface area contributed by atoms with Crippen LogP contribution >= 0.6 is 0 Å². The molecule has 146 valence electrons. The summed E-state index contributed by atoms with van der Waals surface area (Å²) in [6.45, 7) is 6.17. The number of carbonyl (C=O) groups is 1. The fourth-order valence-electron chi connectivity index (χ4n) is 2.66. The second kappa shape index (κ2) is 9.84. The standard InChI is InChI=1S/C17H26FN3O4S/c1-2-20-9-11-21(12-10-20)17(22)7-8-19-26(23,24)14-13-25-16-5-3-15(18)4-6-16/h3-6,19H,2,7-14H2,1H3. The van der Waals surface area contributed by atoms with Gasteiger partial charge in [0, 0.05) is 39.1 Å². The maximum atomic E-state index is 12.8. The van der Waals surface area contributed by atoms with Crippen LogP contribution < -0.4 is 9.46 Å². The summed E-state index contributed by atoms with van der Waals surface area (Å²) in [7, 11) is -3.53. The largest absolute Gasteiger partial charge is 0.492 e. The number of carbonyl (C=O) groups excluding carboxylic acids is 1. The van der Waals surface area contributed by atoms with Gasteiger partial charge in [0.15, 0.2) is 0 Å². The van der Waals surface area contributed by atoms with Crippen molar-refractivity contribution in [2.75, 3.05) is 51.6 Å². The molecule has 1 aromatic rings. The quantitative estimate of drug-likeness (QED) is 0.674. The highest BCUT2D eigenvalue weighted by Crippen LogP contribution is 2.10. The van der Waals surface area contributed by atoms with Gasteiger partial charge >= 0.3 is 0 Å². The molecule has 0 spiro atoms. The first kappa shape index (κ1) is 20.6. The first-order chi connectivity index (χ1) is 12.4. The number of likely N-dealkylation sites (N-methyl/N-ethyl adjacent to an activating group) is 1. The highest BCUT2D eigenvalue weighted by Gasteiger charge is 2.20. The molecule has 7 nitrogen and oxygen atoms in total. The van der Waals surface area contributed by atoms with Gasteiger partial charge in [-0.1, -0.05) is 6.92 Å². The van der Waals surface area contributed by atoms with E-state index in [2.05, 4.69) is 16.5 Å². The van der Waals surface area contributed by atoms with E-state index in [4.69, 9.17) is 4.74 Å². The Morgan fingerprint density at radius 3 is 2.46 bits per heavy atom. The van der Waals surface area contributed by atoms with Crippen LogP contribution in [0, 0.1) is 5.82 Å². The first-order valence-electron chi connectivity index (χ1n) is 8.75. The lowest BCUT2D eigenvalue weighted by Gasteiger charge is -2.34. The molecule has 1 aromatic carbocycles. The van der Waals surface area contributed by atoms with Crippen LogP contribution in [0.3, 0.4) is 0 Å². The highest BCUT2D eigenvalue weighted by atomic mass is 32.2. The number of hydrogen-bond donors (Lipinski definition) is 1. The Morgan fingerprint density at radius 2 is 1.85 bits per heavy atom. The van der Waals surface area contributed by atoms with Gasteiger partial charge < -0.3 is 14.5 Å². The molecule has 0 atom stereocenters. The van der Waals surface area contributed by atoms with E-state index >= 15 is 0 Å². The van der Waals surface area contributed by atoms with Crippen LogP contribution in [0.1, 0.15) is 13.3 Å². The molecule has 1 saturated heterocycles. The zero-order chi connectivity index (χ0) is 19.0. The molecule has 0 aliphatic carbocycles. The third kappa shape index (κ3) is 6.89. The van der Waals surface area contributed by atoms with E-state index in [9.17, 15) is 17.6 Å². The fraction of sp³-hybridized carbons (Fsp3) is 0.588. The number of nitrogens with zero attached hydrogens (tertiary/aromatic N) is 2. The first-order valence-corrected chi connectivity index (χ1v) is 10.4. The van der Waals surface area contributed by atoms with Crippen molar-refractivity contribution in [2.24, 2.45) is 0 Å². The molecular formula is C17H26FN3O4S. The Bertz CT molecular complexity index is 674. The van der Waals surface area contributed by atoms with Crippen molar-refractivity contribution in [1.82, 2.24) is 14.5 Å². The highest BCUT2D eigenvalue weighted by molar-refractivity contribution is 7.89. The zero-order valence-electron chi connectivity index (χ0n) is 15.0. The molecule has 0 unspecified atom stereocenters. The van der Waals surface area contributed by atoms with Crippen molar-refractivity contribution in [3.8, 4) is 5.75 Å². The minimum atomic E-state index is -3.53. The molecule has 0 bridgehead atoms. The van der Waals surface area contributed by atoms with Crippen LogP contribution in [0.25, 0.3) is 0 Å². The molecule has 1 heterocycles. The van der Waals surface area contributed by atoms with Crippen LogP contribution in [0.2, 0.25) is 0 Å². The van der Waals surface area contributed by atoms with Gasteiger partial charge in [0.2, 0.25) is 15.9 Å². The molecule has 0 aromatic heterocycles. The smallest absolute Gasteiger partial charge is 0.223 e. The summed E-state index contributed by atoms with van der Waals surface area (Å²) in [5.74, 6) is -0.241. The van der Waals surface area contributed by atoms with Crippen molar-refractivity contribution >= 4 is 15.9 Å². The van der Waals surface area contributed by atoms with E-state index in [1.54, 1.807) is 4.90 Å². The zero-order valence-corrected chi connectivity index (χ0v) is 15.8. The summed E-state index contributed by atoms with van der Waals surface area (Å²) in [4.78, 5) is 16.2. The van der Waals surface area contributed by atoms with E-state index < -0.39 is 10.0 Å². The summed E-state index contributed by atoms with van der Waals surface area (Å²) in [5.41, 5.74) is 0. The minimum Gasteiger partial charge on any atom is -0.492 e. The maximum Gasteiger partial charge on any atom is 0.223 e. The van der Waals surface area contributed by atoms with Gasteiger partial charge in [-0.2, -0.15) is 0 Å². The Kier molecular flexibility index (Phi) is 7.80. The summed E-state index contributed by atoms with van der Waals surface area (Å²) >= 11 is 0. The average molecular weight is 387 g/mol. The second-order valence-corrected chi connectivity index (χ2v) is 8.01. The summed E-state index contributed by atoms with van der Waals surface area (Å²) in [6.07, 6.45) is 0.143. The molecule has 1 aliphatic rings. The number of sulfonamides is 1. The Labute approximate surface area is 154 Å². The molecule has 26 heavy (non-hydrogen) atoms. The number of hydrogen-bond acceptors (Lipinski definition) is 5. The van der Waals surface area contributed by atoms with Gasteiger partial charge in [0.05, 0.1) is 5.75 Å². The number of benzene rings is 1. The van der Waals surface area contributed by atoms with Crippen molar-refractivity contribution in [2.45, 2.75) is 13.3 Å². The van der Waals surface area contributed by atoms with Crippen molar-refractivity contribution < 1.29 is 22.3 Å². The van der Waals surface area contributed by atoms with Gasteiger partial charge in [-0.25, -0.2) is 17.5 Å². The van der Waals surface area contributed by atoms with Crippen LogP contribution in [0.4, 0.5) is 4.39 Å². The molecule has 0 radical (unpaired) electrons. The number of halogens is 1. The monoisotopic (exact) mass is 387 g/mol. The fourth-order valence-corrected chi connectivity index (χ4v) is 3.52.